The molecule has 0 aliphatic carbocycles. The average molecular weight is 402 g/mol. The molecule has 0 atom stereocenters. The number of primary sulfonamides is 1. The van der Waals surface area contributed by atoms with Crippen LogP contribution in [0.4, 0.5) is 0 Å². The van der Waals surface area contributed by atoms with E-state index in [4.69, 9.17) is 14.3 Å². The standard InChI is InChI=1S/C19H18N2O6S/c1-12-15-4-2-3-5-16(15)27-18(12)19(23)26-11-17(22)21-10-13-6-8-14(9-7-13)28(20,24)25/h2-9H,10-11H2,1H3,(H,21,22)(H2,20,24,25). The molecule has 0 unspecified atom stereocenters. The molecule has 1 amide bonds. The summed E-state index contributed by atoms with van der Waals surface area (Å²) < 4.78 is 32.9. The van der Waals surface area contributed by atoms with Gasteiger partial charge in [-0.15, -0.1) is 0 Å². The molecular weight excluding hydrogens is 384 g/mol. The van der Waals surface area contributed by atoms with Crippen molar-refractivity contribution >= 4 is 32.9 Å². The molecule has 2 aromatic carbocycles. The van der Waals surface area contributed by atoms with E-state index in [1.165, 1.54) is 24.3 Å². The minimum Gasteiger partial charge on any atom is -0.450 e. The van der Waals surface area contributed by atoms with Crippen molar-refractivity contribution < 1.29 is 27.2 Å². The van der Waals surface area contributed by atoms with Gasteiger partial charge in [0.05, 0.1) is 4.90 Å². The largest absolute Gasteiger partial charge is 0.450 e. The second kappa shape index (κ2) is 7.83. The molecule has 3 rings (SSSR count). The van der Waals surface area contributed by atoms with Gasteiger partial charge in [0.25, 0.3) is 5.91 Å². The van der Waals surface area contributed by atoms with Crippen LogP contribution in [0, 0.1) is 6.92 Å². The van der Waals surface area contributed by atoms with Crippen LogP contribution in [0.1, 0.15) is 21.7 Å². The smallest absolute Gasteiger partial charge is 0.375 e. The maximum atomic E-state index is 12.2. The molecule has 8 nitrogen and oxygen atoms in total. The van der Waals surface area contributed by atoms with E-state index in [0.717, 1.165) is 5.39 Å². The van der Waals surface area contributed by atoms with Gasteiger partial charge in [-0.2, -0.15) is 0 Å². The van der Waals surface area contributed by atoms with E-state index in [1.54, 1.807) is 19.1 Å². The molecule has 0 radical (unpaired) electrons. The van der Waals surface area contributed by atoms with Crippen molar-refractivity contribution in [1.29, 1.82) is 0 Å². The lowest BCUT2D eigenvalue weighted by Crippen LogP contribution is -2.28. The summed E-state index contributed by atoms with van der Waals surface area (Å²) in [6.07, 6.45) is 0. The quantitative estimate of drug-likeness (QED) is 0.606. The number of carbonyl (C=O) groups is 2. The molecule has 0 saturated heterocycles. The Hall–Kier alpha value is -3.17. The molecule has 3 N–H and O–H groups in total. The zero-order valence-electron chi connectivity index (χ0n) is 15.0. The summed E-state index contributed by atoms with van der Waals surface area (Å²) in [4.78, 5) is 24.1. The summed E-state index contributed by atoms with van der Waals surface area (Å²) in [6, 6.07) is 13.0. The fourth-order valence-electron chi connectivity index (χ4n) is 2.61. The minimum absolute atomic E-state index is 0.0160. The molecule has 28 heavy (non-hydrogen) atoms. The van der Waals surface area contributed by atoms with Gasteiger partial charge >= 0.3 is 5.97 Å². The van der Waals surface area contributed by atoms with Crippen LogP contribution in [-0.4, -0.2) is 26.9 Å². The molecule has 0 aliphatic rings. The maximum absolute atomic E-state index is 12.2. The summed E-state index contributed by atoms with van der Waals surface area (Å²) in [5, 5.41) is 8.41. The Balaban J connectivity index is 1.54. The number of fused-ring (bicyclic) bond motifs is 1. The Labute approximate surface area is 161 Å². The number of nitrogens with two attached hydrogens (primary N) is 1. The van der Waals surface area contributed by atoms with Crippen LogP contribution in [0.2, 0.25) is 0 Å². The molecule has 0 fully saturated rings. The molecule has 0 spiro atoms. The number of rotatable bonds is 6. The second-order valence-electron chi connectivity index (χ2n) is 6.09. The van der Waals surface area contributed by atoms with Crippen LogP contribution in [0.15, 0.2) is 57.8 Å². The molecule has 0 aliphatic heterocycles. The highest BCUT2D eigenvalue weighted by molar-refractivity contribution is 7.89. The molecule has 0 saturated carbocycles. The van der Waals surface area contributed by atoms with E-state index in [1.807, 2.05) is 12.1 Å². The topological polar surface area (TPSA) is 129 Å². The van der Waals surface area contributed by atoms with Crippen LogP contribution >= 0.6 is 0 Å². The van der Waals surface area contributed by atoms with Crippen molar-refractivity contribution in [3.8, 4) is 0 Å². The Kier molecular flexibility index (Phi) is 5.48. The lowest BCUT2D eigenvalue weighted by atomic mass is 10.1. The lowest BCUT2D eigenvalue weighted by molar-refractivity contribution is -0.124. The number of nitrogens with one attached hydrogen (secondary N) is 1. The van der Waals surface area contributed by atoms with Crippen molar-refractivity contribution in [3.63, 3.8) is 0 Å². The third-order valence-corrected chi connectivity index (χ3v) is 5.03. The molecular formula is C19H18N2O6S. The first-order valence-corrected chi connectivity index (χ1v) is 9.84. The Morgan fingerprint density at radius 1 is 1.11 bits per heavy atom. The second-order valence-corrected chi connectivity index (χ2v) is 7.66. The Morgan fingerprint density at radius 2 is 1.79 bits per heavy atom. The normalized spacial score (nSPS) is 11.4. The van der Waals surface area contributed by atoms with Gasteiger partial charge in [-0.05, 0) is 30.7 Å². The first-order chi connectivity index (χ1) is 13.3. The van der Waals surface area contributed by atoms with E-state index in [-0.39, 0.29) is 17.2 Å². The Bertz CT molecular complexity index is 1130. The highest BCUT2D eigenvalue weighted by atomic mass is 32.2. The van der Waals surface area contributed by atoms with Gasteiger partial charge in [0.15, 0.2) is 6.61 Å². The number of aryl methyl sites for hydroxylation is 1. The van der Waals surface area contributed by atoms with Crippen LogP contribution in [0.3, 0.4) is 0 Å². The number of ether oxygens (including phenoxy) is 1. The number of carbonyl (C=O) groups excluding carboxylic acids is 2. The van der Waals surface area contributed by atoms with Crippen LogP contribution in [0.5, 0.6) is 0 Å². The first kappa shape index (κ1) is 19.6. The highest BCUT2D eigenvalue weighted by Gasteiger charge is 2.19. The van der Waals surface area contributed by atoms with Gasteiger partial charge in [0.2, 0.25) is 15.8 Å². The van der Waals surface area contributed by atoms with Gasteiger partial charge in [0.1, 0.15) is 5.58 Å². The average Bonchev–Trinajstić information content (AvgIpc) is 3.01. The number of furan rings is 1. The fourth-order valence-corrected chi connectivity index (χ4v) is 3.13. The zero-order chi connectivity index (χ0) is 20.3. The van der Waals surface area contributed by atoms with Crippen molar-refractivity contribution in [2.45, 2.75) is 18.4 Å². The third kappa shape index (κ3) is 4.38. The maximum Gasteiger partial charge on any atom is 0.375 e. The number of esters is 1. The lowest BCUT2D eigenvalue weighted by Gasteiger charge is -2.07. The fraction of sp³-hybridized carbons (Fsp3) is 0.158. The van der Waals surface area contributed by atoms with E-state index in [2.05, 4.69) is 5.32 Å². The number of amides is 1. The zero-order valence-corrected chi connectivity index (χ0v) is 15.8. The van der Waals surface area contributed by atoms with Crippen molar-refractivity contribution in [1.82, 2.24) is 5.32 Å². The number of para-hydroxylation sites is 1. The molecule has 0 bridgehead atoms. The minimum atomic E-state index is -3.76. The number of sulfonamides is 1. The summed E-state index contributed by atoms with van der Waals surface area (Å²) in [6.45, 7) is 1.42. The van der Waals surface area contributed by atoms with Gasteiger partial charge in [0, 0.05) is 17.5 Å². The third-order valence-electron chi connectivity index (χ3n) is 4.10. The molecule has 1 aromatic heterocycles. The van der Waals surface area contributed by atoms with Gasteiger partial charge in [-0.1, -0.05) is 30.3 Å². The van der Waals surface area contributed by atoms with Crippen molar-refractivity contribution in [2.75, 3.05) is 6.61 Å². The van der Waals surface area contributed by atoms with E-state index in [0.29, 0.717) is 16.7 Å². The Morgan fingerprint density at radius 3 is 2.43 bits per heavy atom. The monoisotopic (exact) mass is 402 g/mol. The van der Waals surface area contributed by atoms with E-state index < -0.39 is 28.5 Å². The first-order valence-electron chi connectivity index (χ1n) is 8.29. The van der Waals surface area contributed by atoms with E-state index in [9.17, 15) is 18.0 Å². The van der Waals surface area contributed by atoms with Gasteiger partial charge in [-0.3, -0.25) is 4.79 Å². The predicted molar refractivity (Wildman–Crippen MR) is 101 cm³/mol. The number of hydrogen-bond acceptors (Lipinski definition) is 6. The SMILES string of the molecule is Cc1c(C(=O)OCC(=O)NCc2ccc(S(N)(=O)=O)cc2)oc2ccccc12. The van der Waals surface area contributed by atoms with Gasteiger partial charge in [-0.25, -0.2) is 18.4 Å². The molecule has 1 heterocycles. The van der Waals surface area contributed by atoms with Crippen LogP contribution in [0.25, 0.3) is 11.0 Å². The molecule has 9 heteroatoms. The molecule has 3 aromatic rings. The number of benzene rings is 2. The van der Waals surface area contributed by atoms with E-state index >= 15 is 0 Å². The van der Waals surface area contributed by atoms with Crippen molar-refractivity contribution in [2.24, 2.45) is 5.14 Å². The molecule has 146 valence electrons. The summed E-state index contributed by atoms with van der Waals surface area (Å²) in [7, 11) is -3.76. The highest BCUT2D eigenvalue weighted by Crippen LogP contribution is 2.25. The number of hydrogen-bond donors (Lipinski definition) is 2. The summed E-state index contributed by atoms with van der Waals surface area (Å²) in [5.41, 5.74) is 1.88. The van der Waals surface area contributed by atoms with Crippen molar-refractivity contribution in [3.05, 3.63) is 65.4 Å². The predicted octanol–water partition coefficient (Wildman–Crippen LogP) is 1.86. The van der Waals surface area contributed by atoms with Crippen LogP contribution < -0.4 is 10.5 Å². The summed E-state index contributed by atoms with van der Waals surface area (Å²) >= 11 is 0. The van der Waals surface area contributed by atoms with Crippen LogP contribution in [-0.2, 0) is 26.1 Å². The van der Waals surface area contributed by atoms with Gasteiger partial charge < -0.3 is 14.5 Å². The summed E-state index contributed by atoms with van der Waals surface area (Å²) in [5.74, 6) is -1.16.